The number of carbonyl (C=O) groups is 2. The summed E-state index contributed by atoms with van der Waals surface area (Å²) in [5, 5.41) is 20.7. The molecule has 3 unspecified atom stereocenters. The molecule has 5 N–H and O–H groups in total. The minimum atomic E-state index is -1.10. The summed E-state index contributed by atoms with van der Waals surface area (Å²) in [5.41, 5.74) is 5.41. The van der Waals surface area contributed by atoms with E-state index in [1.54, 1.807) is 0 Å². The number of hydrogen-bond acceptors (Lipinski definition) is 4. The minimum absolute atomic E-state index is 0.291. The van der Waals surface area contributed by atoms with E-state index in [0.29, 0.717) is 12.8 Å². The van der Waals surface area contributed by atoms with Gasteiger partial charge in [-0.2, -0.15) is 0 Å². The summed E-state index contributed by atoms with van der Waals surface area (Å²) >= 11 is 0. The normalized spacial score (nSPS) is 27.1. The van der Waals surface area contributed by atoms with Gasteiger partial charge in [-0.1, -0.05) is 12.8 Å². The molecule has 0 spiro atoms. The first-order chi connectivity index (χ1) is 7.50. The van der Waals surface area contributed by atoms with Crippen LogP contribution in [0.5, 0.6) is 0 Å². The van der Waals surface area contributed by atoms with Gasteiger partial charge >= 0.3 is 5.97 Å². The van der Waals surface area contributed by atoms with E-state index in [0.717, 1.165) is 12.8 Å². The van der Waals surface area contributed by atoms with E-state index in [-0.39, 0.29) is 6.04 Å². The van der Waals surface area contributed by atoms with Gasteiger partial charge in [-0.25, -0.2) is 0 Å². The van der Waals surface area contributed by atoms with Crippen molar-refractivity contribution >= 4 is 11.9 Å². The Kier molecular flexibility index (Phi) is 4.70. The predicted octanol–water partition coefficient (Wildman–Crippen LogP) is -0.792. The Balaban J connectivity index is 2.40. The lowest BCUT2D eigenvalue weighted by molar-refractivity contribution is -0.139. The molecule has 0 aliphatic heterocycles. The minimum Gasteiger partial charge on any atom is -0.481 e. The molecular formula is C10H18N2O4. The molecule has 0 aromatic rings. The third-order valence-electron chi connectivity index (χ3n) is 2.79. The molecule has 6 nitrogen and oxygen atoms in total. The van der Waals surface area contributed by atoms with Crippen molar-refractivity contribution < 1.29 is 19.8 Å². The van der Waals surface area contributed by atoms with Crippen LogP contribution in [0.15, 0.2) is 0 Å². The van der Waals surface area contributed by atoms with Gasteiger partial charge in [0, 0.05) is 0 Å². The van der Waals surface area contributed by atoms with E-state index in [1.165, 1.54) is 0 Å². The van der Waals surface area contributed by atoms with Crippen LogP contribution in [0.1, 0.15) is 32.1 Å². The highest BCUT2D eigenvalue weighted by Crippen LogP contribution is 2.18. The average Bonchev–Trinajstić information content (AvgIpc) is 2.20. The van der Waals surface area contributed by atoms with Crippen LogP contribution in [0.25, 0.3) is 0 Å². The number of carboxylic acid groups (broad SMARTS) is 1. The molecule has 1 saturated carbocycles. The molecule has 0 aromatic heterocycles. The van der Waals surface area contributed by atoms with E-state index in [9.17, 15) is 14.7 Å². The third-order valence-corrected chi connectivity index (χ3v) is 2.79. The van der Waals surface area contributed by atoms with Gasteiger partial charge in [-0.15, -0.1) is 0 Å². The maximum atomic E-state index is 11.5. The molecule has 6 heteroatoms. The van der Waals surface area contributed by atoms with Crippen molar-refractivity contribution in [3.05, 3.63) is 0 Å². The first-order valence-corrected chi connectivity index (χ1v) is 5.46. The SMILES string of the molecule is NC(CC(=O)O)C(=O)NC1CCCCC1O. The van der Waals surface area contributed by atoms with Crippen molar-refractivity contribution in [3.63, 3.8) is 0 Å². The molecule has 1 fully saturated rings. The van der Waals surface area contributed by atoms with Crippen molar-refractivity contribution in [2.45, 2.75) is 50.3 Å². The maximum Gasteiger partial charge on any atom is 0.305 e. The standard InChI is InChI=1S/C10H18N2O4/c11-6(5-9(14)15)10(16)12-7-3-1-2-4-8(7)13/h6-8,13H,1-5,11H2,(H,12,16)(H,14,15). The van der Waals surface area contributed by atoms with Crippen LogP contribution in [-0.4, -0.2) is 40.3 Å². The molecule has 0 bridgehead atoms. The quantitative estimate of drug-likeness (QED) is 0.505. The summed E-state index contributed by atoms with van der Waals surface area (Å²) in [6.45, 7) is 0. The monoisotopic (exact) mass is 230 g/mol. The lowest BCUT2D eigenvalue weighted by Crippen LogP contribution is -2.51. The Morgan fingerprint density at radius 1 is 1.38 bits per heavy atom. The number of carbonyl (C=O) groups excluding carboxylic acids is 1. The van der Waals surface area contributed by atoms with E-state index in [4.69, 9.17) is 10.8 Å². The van der Waals surface area contributed by atoms with Gasteiger partial charge in [0.2, 0.25) is 5.91 Å². The Morgan fingerprint density at radius 3 is 2.56 bits per heavy atom. The Morgan fingerprint density at radius 2 is 2.00 bits per heavy atom. The second-order valence-corrected chi connectivity index (χ2v) is 4.17. The zero-order valence-electron chi connectivity index (χ0n) is 9.06. The third kappa shape index (κ3) is 3.79. The van der Waals surface area contributed by atoms with Crippen molar-refractivity contribution in [1.82, 2.24) is 5.32 Å². The van der Waals surface area contributed by atoms with E-state index in [2.05, 4.69) is 5.32 Å². The molecule has 1 aliphatic rings. The summed E-state index contributed by atoms with van der Waals surface area (Å²) < 4.78 is 0. The van der Waals surface area contributed by atoms with E-state index >= 15 is 0 Å². The molecule has 0 radical (unpaired) electrons. The van der Waals surface area contributed by atoms with Gasteiger partial charge in [0.25, 0.3) is 0 Å². The molecule has 16 heavy (non-hydrogen) atoms. The second-order valence-electron chi connectivity index (χ2n) is 4.17. The highest BCUT2D eigenvalue weighted by atomic mass is 16.4. The lowest BCUT2D eigenvalue weighted by atomic mass is 9.92. The lowest BCUT2D eigenvalue weighted by Gasteiger charge is -2.29. The van der Waals surface area contributed by atoms with Crippen LogP contribution in [0.2, 0.25) is 0 Å². The van der Waals surface area contributed by atoms with Gasteiger partial charge in [0.1, 0.15) is 0 Å². The zero-order valence-corrected chi connectivity index (χ0v) is 9.06. The van der Waals surface area contributed by atoms with Gasteiger partial charge in [-0.3, -0.25) is 9.59 Å². The van der Waals surface area contributed by atoms with E-state index in [1.807, 2.05) is 0 Å². The van der Waals surface area contributed by atoms with Crippen LogP contribution in [0.4, 0.5) is 0 Å². The molecule has 1 aliphatic carbocycles. The molecule has 0 saturated heterocycles. The van der Waals surface area contributed by atoms with Gasteiger partial charge in [-0.05, 0) is 12.8 Å². The number of carboxylic acids is 1. The number of hydrogen-bond donors (Lipinski definition) is 4. The summed E-state index contributed by atoms with van der Waals surface area (Å²) in [4.78, 5) is 21.8. The van der Waals surface area contributed by atoms with Gasteiger partial charge in [0.15, 0.2) is 0 Å². The first kappa shape index (κ1) is 12.9. The van der Waals surface area contributed by atoms with Gasteiger partial charge < -0.3 is 21.3 Å². The van der Waals surface area contributed by atoms with E-state index < -0.39 is 30.4 Å². The fourth-order valence-corrected chi connectivity index (χ4v) is 1.85. The fourth-order valence-electron chi connectivity index (χ4n) is 1.85. The Bertz CT molecular complexity index is 270. The largest absolute Gasteiger partial charge is 0.481 e. The van der Waals surface area contributed by atoms with Crippen molar-refractivity contribution in [2.24, 2.45) is 5.73 Å². The van der Waals surface area contributed by atoms with Crippen LogP contribution < -0.4 is 11.1 Å². The fraction of sp³-hybridized carbons (Fsp3) is 0.800. The van der Waals surface area contributed by atoms with Crippen LogP contribution in [0.3, 0.4) is 0 Å². The summed E-state index contributed by atoms with van der Waals surface area (Å²) in [5.74, 6) is -1.61. The smallest absolute Gasteiger partial charge is 0.305 e. The second kappa shape index (κ2) is 5.81. The Hall–Kier alpha value is -1.14. The summed E-state index contributed by atoms with van der Waals surface area (Å²) in [7, 11) is 0. The number of rotatable bonds is 4. The highest BCUT2D eigenvalue weighted by Gasteiger charge is 2.26. The first-order valence-electron chi connectivity index (χ1n) is 5.46. The number of aliphatic hydroxyl groups excluding tert-OH is 1. The Labute approximate surface area is 93.8 Å². The highest BCUT2D eigenvalue weighted by molar-refractivity contribution is 5.86. The molecule has 0 heterocycles. The number of nitrogens with two attached hydrogens (primary N) is 1. The van der Waals surface area contributed by atoms with Crippen molar-refractivity contribution in [2.75, 3.05) is 0 Å². The molecule has 92 valence electrons. The topological polar surface area (TPSA) is 113 Å². The molecular weight excluding hydrogens is 212 g/mol. The number of aliphatic hydroxyl groups is 1. The average molecular weight is 230 g/mol. The summed E-state index contributed by atoms with van der Waals surface area (Å²) in [6, 6.07) is -1.34. The molecule has 0 aromatic carbocycles. The molecule has 3 atom stereocenters. The molecule has 1 amide bonds. The van der Waals surface area contributed by atoms with Crippen LogP contribution in [-0.2, 0) is 9.59 Å². The summed E-state index contributed by atoms with van der Waals surface area (Å²) in [6.07, 6.45) is 2.35. The number of nitrogens with one attached hydrogen (secondary N) is 1. The van der Waals surface area contributed by atoms with Crippen LogP contribution in [0, 0.1) is 0 Å². The van der Waals surface area contributed by atoms with Crippen molar-refractivity contribution in [1.29, 1.82) is 0 Å². The number of aliphatic carboxylic acids is 1. The predicted molar refractivity (Wildman–Crippen MR) is 56.6 cm³/mol. The van der Waals surface area contributed by atoms with Crippen molar-refractivity contribution in [3.8, 4) is 0 Å². The maximum absolute atomic E-state index is 11.5. The molecule has 1 rings (SSSR count). The van der Waals surface area contributed by atoms with Crippen LogP contribution >= 0.6 is 0 Å². The zero-order chi connectivity index (χ0) is 12.1. The number of amides is 1. The van der Waals surface area contributed by atoms with Gasteiger partial charge in [0.05, 0.1) is 24.6 Å².